The smallest absolute Gasteiger partial charge is 0.142 e. The van der Waals surface area contributed by atoms with Crippen molar-refractivity contribution in [2.24, 2.45) is 0 Å². The lowest BCUT2D eigenvalue weighted by atomic mass is 10.1. The Hall–Kier alpha value is -2.14. The van der Waals surface area contributed by atoms with Gasteiger partial charge in [-0.1, -0.05) is 22.0 Å². The Balaban J connectivity index is 2.24. The average Bonchev–Trinajstić information content (AvgIpc) is 2.58. The number of ether oxygens (including phenoxy) is 3. The van der Waals surface area contributed by atoms with Gasteiger partial charge in [0, 0.05) is 16.5 Å². The maximum atomic E-state index is 5.92. The van der Waals surface area contributed by atoms with Crippen molar-refractivity contribution in [3.8, 4) is 17.2 Å². The van der Waals surface area contributed by atoms with E-state index in [1.165, 1.54) is 0 Å². The van der Waals surface area contributed by atoms with Crippen LogP contribution in [-0.2, 0) is 6.42 Å². The monoisotopic (exact) mass is 391 g/mol. The Bertz CT molecular complexity index is 729. The molecule has 0 unspecified atom stereocenters. The van der Waals surface area contributed by atoms with Gasteiger partial charge in [-0.05, 0) is 48.9 Å². The Morgan fingerprint density at radius 3 is 2.54 bits per heavy atom. The van der Waals surface area contributed by atoms with Gasteiger partial charge in [0.2, 0.25) is 0 Å². The Morgan fingerprint density at radius 2 is 1.88 bits per heavy atom. The van der Waals surface area contributed by atoms with Crippen LogP contribution in [0.5, 0.6) is 17.2 Å². The minimum Gasteiger partial charge on any atom is -0.497 e. The van der Waals surface area contributed by atoms with Crippen molar-refractivity contribution in [2.75, 3.05) is 26.6 Å². The highest BCUT2D eigenvalue weighted by Gasteiger charge is 2.06. The highest BCUT2D eigenvalue weighted by atomic mass is 79.9. The minimum atomic E-state index is 0.589. The number of hydrogen-bond donors (Lipinski definition) is 1. The summed E-state index contributed by atoms with van der Waals surface area (Å²) in [7, 11) is 3.30. The number of hydrogen-bond acceptors (Lipinski definition) is 4. The molecule has 0 saturated carbocycles. The maximum Gasteiger partial charge on any atom is 0.142 e. The predicted octanol–water partition coefficient (Wildman–Crippen LogP) is 4.66. The van der Waals surface area contributed by atoms with E-state index in [9.17, 15) is 0 Å². The molecule has 24 heavy (non-hydrogen) atoms. The summed E-state index contributed by atoms with van der Waals surface area (Å²) in [6.07, 6.45) is 2.75. The van der Waals surface area contributed by atoms with Crippen molar-refractivity contribution in [1.29, 1.82) is 0 Å². The fourth-order valence-electron chi connectivity index (χ4n) is 2.34. The molecule has 2 aromatic rings. The summed E-state index contributed by atoms with van der Waals surface area (Å²) in [6.45, 7) is 2.53. The first-order valence-electron chi connectivity index (χ1n) is 7.66. The van der Waals surface area contributed by atoms with Crippen LogP contribution in [0.15, 0.2) is 40.9 Å². The van der Waals surface area contributed by atoms with Crippen LogP contribution < -0.4 is 19.9 Å². The topological polar surface area (TPSA) is 53.7 Å². The molecule has 0 spiro atoms. The van der Waals surface area contributed by atoms with Gasteiger partial charge >= 0.3 is 0 Å². The third kappa shape index (κ3) is 4.68. The predicted molar refractivity (Wildman–Crippen MR) is 102 cm³/mol. The zero-order chi connectivity index (χ0) is 17.5. The molecule has 0 aliphatic carbocycles. The number of rotatable bonds is 7. The molecular weight excluding hydrogens is 370 g/mol. The molecule has 4 nitrogen and oxygen atoms in total. The number of methoxy groups -OCH3 is 2. The van der Waals surface area contributed by atoms with Crippen LogP contribution in [0.3, 0.4) is 0 Å². The van der Waals surface area contributed by atoms with Crippen LogP contribution in [0.2, 0.25) is 0 Å². The fraction of sp³-hybridized carbons (Fsp3) is 0.263. The molecule has 5 heteroatoms. The molecular formula is C19H22BrNO3. The summed E-state index contributed by atoms with van der Waals surface area (Å²) in [4.78, 5) is 0. The summed E-state index contributed by atoms with van der Waals surface area (Å²) in [5, 5.41) is 0. The van der Waals surface area contributed by atoms with E-state index in [0.29, 0.717) is 18.0 Å². The zero-order valence-corrected chi connectivity index (χ0v) is 15.7. The van der Waals surface area contributed by atoms with E-state index in [1.54, 1.807) is 14.2 Å². The van der Waals surface area contributed by atoms with Crippen LogP contribution in [0.25, 0.3) is 6.08 Å². The molecule has 0 bridgehead atoms. The third-order valence-electron chi connectivity index (χ3n) is 3.50. The lowest BCUT2D eigenvalue weighted by molar-refractivity contribution is 0.342. The van der Waals surface area contributed by atoms with Gasteiger partial charge in [-0.25, -0.2) is 0 Å². The molecule has 2 aromatic carbocycles. The molecule has 0 atom stereocenters. The van der Waals surface area contributed by atoms with Crippen molar-refractivity contribution in [1.82, 2.24) is 0 Å². The highest BCUT2D eigenvalue weighted by molar-refractivity contribution is 9.11. The first-order chi connectivity index (χ1) is 11.6. The molecule has 128 valence electrons. The van der Waals surface area contributed by atoms with Gasteiger partial charge in [0.1, 0.15) is 17.2 Å². The zero-order valence-electron chi connectivity index (χ0n) is 14.1. The van der Waals surface area contributed by atoms with Gasteiger partial charge < -0.3 is 19.9 Å². The van der Waals surface area contributed by atoms with Crippen LogP contribution >= 0.6 is 15.9 Å². The molecule has 0 radical (unpaired) electrons. The first-order valence-corrected chi connectivity index (χ1v) is 8.46. The number of nitrogen functional groups attached to an aromatic ring is 1. The highest BCUT2D eigenvalue weighted by Crippen LogP contribution is 2.29. The van der Waals surface area contributed by atoms with Gasteiger partial charge in [-0.15, -0.1) is 0 Å². The number of benzene rings is 2. The fourth-order valence-corrected chi connectivity index (χ4v) is 2.91. The number of anilines is 1. The number of allylic oxidation sites excluding steroid dienone is 1. The van der Waals surface area contributed by atoms with Crippen LogP contribution in [0.1, 0.15) is 18.1 Å². The van der Waals surface area contributed by atoms with Crippen molar-refractivity contribution in [2.45, 2.75) is 13.3 Å². The molecule has 0 aromatic heterocycles. The lowest BCUT2D eigenvalue weighted by Crippen LogP contribution is -1.98. The van der Waals surface area contributed by atoms with Gasteiger partial charge in [0.05, 0.1) is 26.5 Å². The van der Waals surface area contributed by atoms with E-state index in [-0.39, 0.29) is 0 Å². The first kappa shape index (κ1) is 18.2. The van der Waals surface area contributed by atoms with Crippen molar-refractivity contribution in [3.63, 3.8) is 0 Å². The summed E-state index contributed by atoms with van der Waals surface area (Å²) < 4.78 is 17.2. The maximum absolute atomic E-state index is 5.92. The quantitative estimate of drug-likeness (QED) is 0.697. The minimum absolute atomic E-state index is 0.589. The van der Waals surface area contributed by atoms with Gasteiger partial charge in [-0.3, -0.25) is 0 Å². The van der Waals surface area contributed by atoms with Crippen molar-refractivity contribution < 1.29 is 14.2 Å². The second-order valence-corrected chi connectivity index (χ2v) is 6.20. The largest absolute Gasteiger partial charge is 0.497 e. The SMILES string of the molecule is CCOc1cc(C/C(Br)=C\c2cc(OC)ccc2OC)ccc1N. The van der Waals surface area contributed by atoms with E-state index < -0.39 is 0 Å². The molecule has 0 saturated heterocycles. The Kier molecular flexibility index (Phi) is 6.55. The van der Waals surface area contributed by atoms with Crippen LogP contribution in [0, 0.1) is 0 Å². The second kappa shape index (κ2) is 8.64. The van der Waals surface area contributed by atoms with E-state index in [2.05, 4.69) is 15.9 Å². The van der Waals surface area contributed by atoms with Crippen molar-refractivity contribution >= 4 is 27.7 Å². The number of halogens is 1. The molecule has 0 aliphatic rings. The molecule has 2 rings (SSSR count). The molecule has 0 aliphatic heterocycles. The van der Waals surface area contributed by atoms with Crippen LogP contribution in [-0.4, -0.2) is 20.8 Å². The number of nitrogens with two attached hydrogens (primary N) is 1. The molecule has 0 heterocycles. The normalized spacial score (nSPS) is 11.2. The average molecular weight is 392 g/mol. The Labute approximate surface area is 151 Å². The second-order valence-electron chi connectivity index (χ2n) is 5.18. The molecule has 0 fully saturated rings. The van der Waals surface area contributed by atoms with Gasteiger partial charge in [0.25, 0.3) is 0 Å². The molecule has 2 N–H and O–H groups in total. The van der Waals surface area contributed by atoms with E-state index >= 15 is 0 Å². The lowest BCUT2D eigenvalue weighted by Gasteiger charge is -2.10. The summed E-state index contributed by atoms with van der Waals surface area (Å²) in [5.74, 6) is 2.29. The van der Waals surface area contributed by atoms with Crippen LogP contribution in [0.4, 0.5) is 5.69 Å². The van der Waals surface area contributed by atoms with E-state index in [1.807, 2.05) is 49.4 Å². The van der Waals surface area contributed by atoms with Gasteiger partial charge in [-0.2, -0.15) is 0 Å². The summed E-state index contributed by atoms with van der Waals surface area (Å²) >= 11 is 3.64. The van der Waals surface area contributed by atoms with E-state index in [0.717, 1.165) is 33.5 Å². The molecule has 0 amide bonds. The summed E-state index contributed by atoms with van der Waals surface area (Å²) in [5.41, 5.74) is 8.62. The standard InChI is InChI=1S/C19H22BrNO3/c1-4-24-19-10-13(5-7-17(19)21)9-15(20)11-14-12-16(22-2)6-8-18(14)23-3/h5-8,10-12H,4,9,21H2,1-3H3/b15-11+. The van der Waals surface area contributed by atoms with E-state index in [4.69, 9.17) is 19.9 Å². The Morgan fingerprint density at radius 1 is 1.08 bits per heavy atom. The summed E-state index contributed by atoms with van der Waals surface area (Å²) in [6, 6.07) is 11.5. The third-order valence-corrected chi connectivity index (χ3v) is 4.01. The van der Waals surface area contributed by atoms with Gasteiger partial charge in [0.15, 0.2) is 0 Å². The van der Waals surface area contributed by atoms with Crippen molar-refractivity contribution in [3.05, 3.63) is 52.0 Å².